The molecule has 102 valence electrons. The lowest BCUT2D eigenvalue weighted by Crippen LogP contribution is -2.45. The predicted octanol–water partition coefficient (Wildman–Crippen LogP) is 4.05. The topological polar surface area (TPSA) is 12.5 Å². The van der Waals surface area contributed by atoms with E-state index < -0.39 is 0 Å². The summed E-state index contributed by atoms with van der Waals surface area (Å²) >= 11 is 0. The number of likely N-dealkylation sites (N-methyl/N-ethyl adjacent to an activating group) is 1. The van der Waals surface area contributed by atoms with Gasteiger partial charge < -0.3 is 4.74 Å². The summed E-state index contributed by atoms with van der Waals surface area (Å²) in [7, 11) is 0. The molecule has 0 aromatic rings. The van der Waals surface area contributed by atoms with Gasteiger partial charge in [-0.25, -0.2) is 0 Å². The fourth-order valence-corrected chi connectivity index (χ4v) is 3.35. The molecular formula is C15H31NO. The van der Waals surface area contributed by atoms with Crippen LogP contribution in [-0.2, 0) is 4.74 Å². The van der Waals surface area contributed by atoms with Crippen LogP contribution in [0, 0.1) is 5.92 Å². The Morgan fingerprint density at radius 1 is 1.12 bits per heavy atom. The monoisotopic (exact) mass is 241 g/mol. The van der Waals surface area contributed by atoms with Crippen molar-refractivity contribution in [3.05, 3.63) is 0 Å². The van der Waals surface area contributed by atoms with E-state index in [2.05, 4.69) is 46.4 Å². The lowest BCUT2D eigenvalue weighted by molar-refractivity contribution is -0.0654. The van der Waals surface area contributed by atoms with Gasteiger partial charge in [-0.1, -0.05) is 41.5 Å². The lowest BCUT2D eigenvalue weighted by Gasteiger charge is -2.35. The molecule has 17 heavy (non-hydrogen) atoms. The maximum absolute atomic E-state index is 6.44. The van der Waals surface area contributed by atoms with Gasteiger partial charge in [-0.05, 0) is 38.1 Å². The minimum atomic E-state index is 0.0982. The number of rotatable bonds is 6. The molecule has 0 bridgehead atoms. The highest BCUT2D eigenvalue weighted by Gasteiger charge is 2.49. The van der Waals surface area contributed by atoms with Gasteiger partial charge in [-0.3, -0.25) is 4.90 Å². The lowest BCUT2D eigenvalue weighted by atomic mass is 9.83. The van der Waals surface area contributed by atoms with Crippen LogP contribution in [0.15, 0.2) is 0 Å². The van der Waals surface area contributed by atoms with Crippen LogP contribution >= 0.6 is 0 Å². The average molecular weight is 241 g/mol. The highest BCUT2D eigenvalue weighted by molar-refractivity contribution is 4.99. The van der Waals surface area contributed by atoms with Crippen LogP contribution < -0.4 is 0 Å². The molecule has 1 rings (SSSR count). The van der Waals surface area contributed by atoms with Crippen molar-refractivity contribution in [3.8, 4) is 0 Å². The first-order valence-electron chi connectivity index (χ1n) is 7.48. The molecule has 0 spiro atoms. The summed E-state index contributed by atoms with van der Waals surface area (Å²) < 4.78 is 6.44. The van der Waals surface area contributed by atoms with Crippen molar-refractivity contribution in [3.63, 3.8) is 0 Å². The zero-order chi connectivity index (χ0) is 13.1. The third-order valence-electron chi connectivity index (χ3n) is 4.35. The van der Waals surface area contributed by atoms with E-state index in [0.717, 1.165) is 31.7 Å². The van der Waals surface area contributed by atoms with Crippen molar-refractivity contribution in [1.82, 2.24) is 4.90 Å². The Morgan fingerprint density at radius 2 is 1.71 bits per heavy atom. The fourth-order valence-electron chi connectivity index (χ4n) is 3.35. The van der Waals surface area contributed by atoms with Crippen LogP contribution in [0.1, 0.15) is 67.2 Å². The Balaban J connectivity index is 2.95. The van der Waals surface area contributed by atoms with E-state index >= 15 is 0 Å². The normalized spacial score (nSPS) is 29.1. The van der Waals surface area contributed by atoms with Crippen molar-refractivity contribution >= 4 is 0 Å². The minimum Gasteiger partial charge on any atom is -0.355 e. The Bertz CT molecular complexity index is 223. The molecule has 1 aliphatic heterocycles. The molecule has 1 aliphatic rings. The van der Waals surface area contributed by atoms with E-state index in [1.165, 1.54) is 6.42 Å². The smallest absolute Gasteiger partial charge is 0.111 e. The van der Waals surface area contributed by atoms with Crippen LogP contribution in [0.25, 0.3) is 0 Å². The SMILES string of the molecule is CC[C@@H]1OC(CC)(CC)[C@H](CC(C)C)N1CC. The van der Waals surface area contributed by atoms with Crippen molar-refractivity contribution in [1.29, 1.82) is 0 Å². The fraction of sp³-hybridized carbons (Fsp3) is 1.00. The van der Waals surface area contributed by atoms with E-state index in [4.69, 9.17) is 4.74 Å². The van der Waals surface area contributed by atoms with E-state index in [9.17, 15) is 0 Å². The van der Waals surface area contributed by atoms with Crippen LogP contribution in [-0.4, -0.2) is 29.3 Å². The minimum absolute atomic E-state index is 0.0982. The van der Waals surface area contributed by atoms with Crippen LogP contribution in [0.3, 0.4) is 0 Å². The average Bonchev–Trinajstić information content (AvgIpc) is 2.62. The van der Waals surface area contributed by atoms with Gasteiger partial charge in [0.1, 0.15) is 6.23 Å². The molecule has 2 nitrogen and oxygen atoms in total. The van der Waals surface area contributed by atoms with Crippen LogP contribution in [0.5, 0.6) is 0 Å². The third-order valence-corrected chi connectivity index (χ3v) is 4.35. The predicted molar refractivity (Wildman–Crippen MR) is 74.1 cm³/mol. The maximum Gasteiger partial charge on any atom is 0.111 e. The number of nitrogens with zero attached hydrogens (tertiary/aromatic N) is 1. The first kappa shape index (κ1) is 15.0. The Morgan fingerprint density at radius 3 is 2.06 bits per heavy atom. The highest BCUT2D eigenvalue weighted by atomic mass is 16.5. The second-order valence-corrected chi connectivity index (χ2v) is 5.73. The van der Waals surface area contributed by atoms with Gasteiger partial charge in [0.25, 0.3) is 0 Å². The molecule has 0 radical (unpaired) electrons. The molecule has 2 heteroatoms. The summed E-state index contributed by atoms with van der Waals surface area (Å²) in [5.74, 6) is 0.741. The van der Waals surface area contributed by atoms with Gasteiger partial charge in [0.2, 0.25) is 0 Å². The van der Waals surface area contributed by atoms with Gasteiger partial charge in [0.05, 0.1) is 5.60 Å². The molecule has 1 fully saturated rings. The zero-order valence-corrected chi connectivity index (χ0v) is 12.6. The summed E-state index contributed by atoms with van der Waals surface area (Å²) in [5.41, 5.74) is 0.0982. The van der Waals surface area contributed by atoms with Crippen molar-refractivity contribution in [2.24, 2.45) is 5.92 Å². The van der Waals surface area contributed by atoms with Gasteiger partial charge >= 0.3 is 0 Å². The second kappa shape index (κ2) is 6.19. The molecule has 0 unspecified atom stereocenters. The maximum atomic E-state index is 6.44. The highest BCUT2D eigenvalue weighted by Crippen LogP contribution is 2.41. The quantitative estimate of drug-likeness (QED) is 0.695. The standard InChI is InChI=1S/C15H31NO/c1-7-14-16(10-4)13(11-12(5)6)15(8-2,9-3)17-14/h12-14H,7-11H2,1-6H3/t13-,14-/m0/s1. The number of ether oxygens (including phenoxy) is 1. The van der Waals surface area contributed by atoms with Gasteiger partial charge in [-0.2, -0.15) is 0 Å². The first-order chi connectivity index (χ1) is 8.04. The molecule has 0 saturated carbocycles. The molecule has 0 N–H and O–H groups in total. The Kier molecular flexibility index (Phi) is 5.46. The van der Waals surface area contributed by atoms with E-state index in [-0.39, 0.29) is 5.60 Å². The van der Waals surface area contributed by atoms with Gasteiger partial charge in [0, 0.05) is 6.04 Å². The molecule has 0 amide bonds. The van der Waals surface area contributed by atoms with Crippen LogP contribution in [0.4, 0.5) is 0 Å². The first-order valence-corrected chi connectivity index (χ1v) is 7.48. The van der Waals surface area contributed by atoms with E-state index in [1.807, 2.05) is 0 Å². The summed E-state index contributed by atoms with van der Waals surface area (Å²) in [4.78, 5) is 2.59. The van der Waals surface area contributed by atoms with Gasteiger partial charge in [-0.15, -0.1) is 0 Å². The number of hydrogen-bond acceptors (Lipinski definition) is 2. The molecule has 2 atom stereocenters. The van der Waals surface area contributed by atoms with E-state index in [1.54, 1.807) is 0 Å². The summed E-state index contributed by atoms with van der Waals surface area (Å²) in [5, 5.41) is 0. The molecule has 0 aromatic heterocycles. The van der Waals surface area contributed by atoms with Crippen LogP contribution in [0.2, 0.25) is 0 Å². The molecule has 0 aromatic carbocycles. The van der Waals surface area contributed by atoms with Crippen molar-refractivity contribution in [2.75, 3.05) is 6.54 Å². The van der Waals surface area contributed by atoms with E-state index in [0.29, 0.717) is 12.3 Å². The molecule has 1 heterocycles. The molecule has 1 saturated heterocycles. The Hall–Kier alpha value is -0.0800. The second-order valence-electron chi connectivity index (χ2n) is 5.73. The number of hydrogen-bond donors (Lipinski definition) is 0. The molecule has 0 aliphatic carbocycles. The summed E-state index contributed by atoms with van der Waals surface area (Å²) in [6.07, 6.45) is 4.96. The zero-order valence-electron chi connectivity index (χ0n) is 12.6. The molecular weight excluding hydrogens is 210 g/mol. The van der Waals surface area contributed by atoms with Crippen molar-refractivity contribution < 1.29 is 4.74 Å². The largest absolute Gasteiger partial charge is 0.355 e. The van der Waals surface area contributed by atoms with Crippen molar-refractivity contribution in [2.45, 2.75) is 85.1 Å². The Labute approximate surface area is 108 Å². The van der Waals surface area contributed by atoms with Gasteiger partial charge in [0.15, 0.2) is 0 Å². The third kappa shape index (κ3) is 2.85. The summed E-state index contributed by atoms with van der Waals surface area (Å²) in [6, 6.07) is 0.604. The summed E-state index contributed by atoms with van der Waals surface area (Å²) in [6.45, 7) is 14.8.